The number of hydrogen-bond acceptors (Lipinski definition) is 1. The van der Waals surface area contributed by atoms with E-state index in [9.17, 15) is 0 Å². The topological polar surface area (TPSA) is 9.23 Å². The molecule has 0 bridgehead atoms. The number of hydrogen-bond donors (Lipinski definition) is 0. The number of benzene rings is 1. The second kappa shape index (κ2) is 5.25. The Bertz CT molecular complexity index is 398. The third kappa shape index (κ3) is 3.21. The van der Waals surface area contributed by atoms with Crippen LogP contribution in [0.15, 0.2) is 18.2 Å². The fourth-order valence-electron chi connectivity index (χ4n) is 2.58. The highest BCUT2D eigenvalue weighted by Crippen LogP contribution is 2.37. The van der Waals surface area contributed by atoms with Crippen molar-refractivity contribution in [3.63, 3.8) is 0 Å². The lowest BCUT2D eigenvalue weighted by Crippen LogP contribution is -2.27. The second-order valence-electron chi connectivity index (χ2n) is 5.68. The highest BCUT2D eigenvalue weighted by molar-refractivity contribution is 9.09. The fraction of sp³-hybridized carbons (Fsp3) is 0.571. The zero-order valence-corrected chi connectivity index (χ0v) is 13.5. The first kappa shape index (κ1) is 13.3. The molecular weight excluding hydrogens is 292 g/mol. The van der Waals surface area contributed by atoms with E-state index in [4.69, 9.17) is 4.43 Å². The Balaban J connectivity index is 2.23. The van der Waals surface area contributed by atoms with Gasteiger partial charge in [0.05, 0.1) is 6.10 Å². The Morgan fingerprint density at radius 2 is 2.12 bits per heavy atom. The Morgan fingerprint density at radius 1 is 1.35 bits per heavy atom. The third-order valence-corrected chi connectivity index (χ3v) is 4.56. The third-order valence-electron chi connectivity index (χ3n) is 3.17. The van der Waals surface area contributed by atoms with Crippen LogP contribution in [0, 0.1) is 0 Å². The quantitative estimate of drug-likeness (QED) is 0.589. The summed E-state index contributed by atoms with van der Waals surface area (Å²) in [5.74, 6) is 0. The summed E-state index contributed by atoms with van der Waals surface area (Å²) in [6.07, 6.45) is 3.84. The summed E-state index contributed by atoms with van der Waals surface area (Å²) in [7, 11) is -1.44. The molecule has 1 unspecified atom stereocenters. The minimum atomic E-state index is -1.44. The van der Waals surface area contributed by atoms with Crippen LogP contribution in [-0.4, -0.2) is 13.6 Å². The van der Waals surface area contributed by atoms with Crippen LogP contribution in [0.4, 0.5) is 0 Å². The van der Waals surface area contributed by atoms with Gasteiger partial charge in [0.15, 0.2) is 8.32 Å². The molecule has 1 aliphatic carbocycles. The van der Waals surface area contributed by atoms with E-state index < -0.39 is 8.32 Å². The average molecular weight is 313 g/mol. The molecule has 1 aromatic carbocycles. The summed E-state index contributed by atoms with van der Waals surface area (Å²) >= 11 is 3.53. The van der Waals surface area contributed by atoms with Crippen LogP contribution in [-0.2, 0) is 17.3 Å². The molecule has 1 atom stereocenters. The van der Waals surface area contributed by atoms with Gasteiger partial charge in [-0.2, -0.15) is 0 Å². The second-order valence-corrected chi connectivity index (χ2v) is 10.9. The first-order valence-corrected chi connectivity index (χ1v) is 10.9. The van der Waals surface area contributed by atoms with Crippen molar-refractivity contribution in [2.24, 2.45) is 0 Å². The van der Waals surface area contributed by atoms with Gasteiger partial charge >= 0.3 is 0 Å². The van der Waals surface area contributed by atoms with Crippen LogP contribution >= 0.6 is 15.9 Å². The van der Waals surface area contributed by atoms with Crippen molar-refractivity contribution < 1.29 is 4.43 Å². The zero-order valence-electron chi connectivity index (χ0n) is 10.9. The van der Waals surface area contributed by atoms with Crippen molar-refractivity contribution in [2.75, 3.05) is 5.33 Å². The predicted molar refractivity (Wildman–Crippen MR) is 79.4 cm³/mol. The molecule has 0 N–H and O–H groups in total. The molecule has 0 spiro atoms. The van der Waals surface area contributed by atoms with Gasteiger partial charge in [0.25, 0.3) is 0 Å². The molecule has 0 radical (unpaired) electrons. The summed E-state index contributed by atoms with van der Waals surface area (Å²) in [5.41, 5.74) is 4.50. The van der Waals surface area contributed by atoms with Crippen molar-refractivity contribution in [2.45, 2.75) is 45.0 Å². The van der Waals surface area contributed by atoms with E-state index in [1.807, 2.05) is 0 Å². The Hall–Kier alpha value is -0.123. The van der Waals surface area contributed by atoms with Crippen LogP contribution in [0.1, 0.15) is 29.2 Å². The molecule has 0 saturated carbocycles. The van der Waals surface area contributed by atoms with Crippen molar-refractivity contribution in [3.05, 3.63) is 34.9 Å². The molecule has 0 aromatic heterocycles. The maximum atomic E-state index is 6.29. The van der Waals surface area contributed by atoms with E-state index >= 15 is 0 Å². The average Bonchev–Trinajstić information content (AvgIpc) is 2.61. The van der Waals surface area contributed by atoms with E-state index in [0.717, 1.165) is 11.8 Å². The van der Waals surface area contributed by atoms with Gasteiger partial charge in [-0.3, -0.25) is 0 Å². The summed E-state index contributed by atoms with van der Waals surface area (Å²) < 4.78 is 6.29. The highest BCUT2D eigenvalue weighted by atomic mass is 79.9. The van der Waals surface area contributed by atoms with Crippen LogP contribution in [0.2, 0.25) is 19.6 Å². The standard InChI is InChI=1S/C14H21BrOSi/c1-17(2,3)16-14-8-7-12-11(9-10-15)5-4-6-13(12)14/h4-6,14H,7-10H2,1-3H3. The molecule has 94 valence electrons. The molecule has 0 fully saturated rings. The molecule has 1 aromatic rings. The molecule has 0 amide bonds. The van der Waals surface area contributed by atoms with Crippen molar-refractivity contribution in [3.8, 4) is 0 Å². The van der Waals surface area contributed by atoms with Gasteiger partial charge in [0.2, 0.25) is 0 Å². The van der Waals surface area contributed by atoms with Crippen molar-refractivity contribution >= 4 is 24.2 Å². The maximum Gasteiger partial charge on any atom is 0.184 e. The lowest BCUT2D eigenvalue weighted by molar-refractivity contribution is 0.200. The molecule has 1 aliphatic rings. The minimum absolute atomic E-state index is 0.354. The molecule has 17 heavy (non-hydrogen) atoms. The monoisotopic (exact) mass is 312 g/mol. The summed E-state index contributed by atoms with van der Waals surface area (Å²) in [6.45, 7) is 6.81. The minimum Gasteiger partial charge on any atom is -0.411 e. The van der Waals surface area contributed by atoms with Crippen LogP contribution in [0.3, 0.4) is 0 Å². The summed E-state index contributed by atoms with van der Waals surface area (Å²) in [4.78, 5) is 0. The molecule has 3 heteroatoms. The largest absolute Gasteiger partial charge is 0.411 e. The molecular formula is C14H21BrOSi. The fourth-order valence-corrected chi connectivity index (χ4v) is 4.10. The van der Waals surface area contributed by atoms with Crippen molar-refractivity contribution in [1.82, 2.24) is 0 Å². The SMILES string of the molecule is C[Si](C)(C)OC1CCc2c(CCBr)cccc21. The Kier molecular flexibility index (Phi) is 4.11. The number of aryl methyl sites for hydroxylation is 1. The number of halogens is 1. The lowest BCUT2D eigenvalue weighted by Gasteiger charge is -2.24. The van der Waals surface area contributed by atoms with E-state index in [0.29, 0.717) is 6.10 Å². The first-order valence-electron chi connectivity index (χ1n) is 6.36. The van der Waals surface area contributed by atoms with E-state index in [1.165, 1.54) is 24.0 Å². The van der Waals surface area contributed by atoms with Gasteiger partial charge in [-0.25, -0.2) is 0 Å². The summed E-state index contributed by atoms with van der Waals surface area (Å²) in [5, 5.41) is 1.04. The van der Waals surface area contributed by atoms with Gasteiger partial charge in [-0.1, -0.05) is 34.1 Å². The Labute approximate surface area is 114 Å². The lowest BCUT2D eigenvalue weighted by atomic mass is 10.0. The van der Waals surface area contributed by atoms with Gasteiger partial charge in [0, 0.05) is 5.33 Å². The van der Waals surface area contributed by atoms with Crippen molar-refractivity contribution in [1.29, 1.82) is 0 Å². The van der Waals surface area contributed by atoms with E-state index in [-0.39, 0.29) is 0 Å². The van der Waals surface area contributed by atoms with Gasteiger partial charge in [0.1, 0.15) is 0 Å². The van der Waals surface area contributed by atoms with Gasteiger partial charge < -0.3 is 4.43 Å². The molecule has 1 nitrogen and oxygen atoms in total. The number of alkyl halides is 1. The van der Waals surface area contributed by atoms with E-state index in [2.05, 4.69) is 53.8 Å². The number of fused-ring (bicyclic) bond motifs is 1. The van der Waals surface area contributed by atoms with Crippen LogP contribution in [0.25, 0.3) is 0 Å². The molecule has 2 rings (SSSR count). The van der Waals surface area contributed by atoms with Gasteiger partial charge in [-0.15, -0.1) is 0 Å². The smallest absolute Gasteiger partial charge is 0.184 e. The Morgan fingerprint density at radius 3 is 2.76 bits per heavy atom. The van der Waals surface area contributed by atoms with Gasteiger partial charge in [-0.05, 0) is 55.6 Å². The first-order chi connectivity index (χ1) is 8.01. The maximum absolute atomic E-state index is 6.29. The highest BCUT2D eigenvalue weighted by Gasteiger charge is 2.29. The summed E-state index contributed by atoms with van der Waals surface area (Å²) in [6, 6.07) is 6.70. The van der Waals surface area contributed by atoms with Crippen LogP contribution in [0.5, 0.6) is 0 Å². The van der Waals surface area contributed by atoms with Crippen LogP contribution < -0.4 is 0 Å². The molecule has 0 saturated heterocycles. The number of rotatable bonds is 4. The zero-order chi connectivity index (χ0) is 12.5. The molecule has 0 aliphatic heterocycles. The van der Waals surface area contributed by atoms with E-state index in [1.54, 1.807) is 5.56 Å². The normalized spacial score (nSPS) is 19.4. The predicted octanol–water partition coefficient (Wildman–Crippen LogP) is 4.46. The molecule has 0 heterocycles.